The van der Waals surface area contributed by atoms with Crippen LogP contribution in [0.4, 0.5) is 5.69 Å². The minimum absolute atomic E-state index is 0.0534. The molecule has 1 aromatic carbocycles. The van der Waals surface area contributed by atoms with E-state index < -0.39 is 0 Å². The molecule has 0 aromatic heterocycles. The maximum absolute atomic E-state index is 12.0. The van der Waals surface area contributed by atoms with Gasteiger partial charge in [-0.25, -0.2) is 4.79 Å². The Morgan fingerprint density at radius 1 is 1.28 bits per heavy atom. The van der Waals surface area contributed by atoms with Gasteiger partial charge in [0, 0.05) is 17.8 Å². The van der Waals surface area contributed by atoms with Gasteiger partial charge in [-0.2, -0.15) is 0 Å². The molecular weight excluding hydrogens is 228 g/mol. The van der Waals surface area contributed by atoms with Crippen LogP contribution in [0.5, 0.6) is 0 Å². The van der Waals surface area contributed by atoms with Gasteiger partial charge in [-0.05, 0) is 43.9 Å². The molecule has 1 aromatic rings. The van der Waals surface area contributed by atoms with Gasteiger partial charge in [0.1, 0.15) is 6.10 Å². The lowest BCUT2D eigenvalue weighted by molar-refractivity contribution is 0.0177. The van der Waals surface area contributed by atoms with Gasteiger partial charge in [-0.1, -0.05) is 6.07 Å². The predicted octanol–water partition coefficient (Wildman–Crippen LogP) is 1.71. The summed E-state index contributed by atoms with van der Waals surface area (Å²) in [6, 6.07) is 8.01. The third kappa shape index (κ3) is 2.34. The van der Waals surface area contributed by atoms with Crippen molar-refractivity contribution in [3.8, 4) is 0 Å². The van der Waals surface area contributed by atoms with Gasteiger partial charge < -0.3 is 15.8 Å². The second-order valence-corrected chi connectivity index (χ2v) is 5.26. The van der Waals surface area contributed by atoms with Crippen molar-refractivity contribution in [1.82, 2.24) is 5.32 Å². The van der Waals surface area contributed by atoms with E-state index in [1.54, 1.807) is 24.3 Å². The molecule has 96 valence electrons. The number of rotatable bonds is 2. The number of anilines is 1. The molecule has 2 saturated heterocycles. The molecule has 0 saturated carbocycles. The van der Waals surface area contributed by atoms with E-state index in [2.05, 4.69) is 5.32 Å². The fourth-order valence-electron chi connectivity index (χ4n) is 2.99. The Balaban J connectivity index is 1.64. The van der Waals surface area contributed by atoms with Crippen molar-refractivity contribution in [2.75, 3.05) is 5.73 Å². The van der Waals surface area contributed by atoms with Crippen LogP contribution in [0.3, 0.4) is 0 Å². The number of nitrogens with one attached hydrogen (secondary N) is 1. The molecule has 0 spiro atoms. The van der Waals surface area contributed by atoms with E-state index in [9.17, 15) is 4.79 Å². The first kappa shape index (κ1) is 11.5. The Bertz CT molecular complexity index is 449. The summed E-state index contributed by atoms with van der Waals surface area (Å²) in [5.74, 6) is -0.256. The number of carbonyl (C=O) groups is 1. The highest BCUT2D eigenvalue weighted by Crippen LogP contribution is 2.29. The van der Waals surface area contributed by atoms with E-state index in [1.807, 2.05) is 0 Å². The normalized spacial score (nSPS) is 30.1. The SMILES string of the molecule is Nc1cccc(C(=O)OC2C[C@H]3CC[C@@H](C2)N3)c1. The molecule has 2 bridgehead atoms. The lowest BCUT2D eigenvalue weighted by Crippen LogP contribution is -2.42. The number of piperidine rings is 1. The smallest absolute Gasteiger partial charge is 0.338 e. The van der Waals surface area contributed by atoms with Crippen molar-refractivity contribution in [2.24, 2.45) is 0 Å². The third-order valence-electron chi connectivity index (χ3n) is 3.83. The summed E-state index contributed by atoms with van der Waals surface area (Å²) in [6.07, 6.45) is 4.33. The van der Waals surface area contributed by atoms with Crippen molar-refractivity contribution in [3.05, 3.63) is 29.8 Å². The van der Waals surface area contributed by atoms with Crippen LogP contribution in [0.25, 0.3) is 0 Å². The summed E-state index contributed by atoms with van der Waals surface area (Å²) in [5.41, 5.74) is 6.80. The highest BCUT2D eigenvalue weighted by atomic mass is 16.5. The molecule has 2 fully saturated rings. The quantitative estimate of drug-likeness (QED) is 0.616. The van der Waals surface area contributed by atoms with Gasteiger partial charge in [0.2, 0.25) is 0 Å². The molecule has 1 unspecified atom stereocenters. The van der Waals surface area contributed by atoms with Gasteiger partial charge in [-0.3, -0.25) is 0 Å². The number of hydrogen-bond donors (Lipinski definition) is 2. The first-order valence-corrected chi connectivity index (χ1v) is 6.53. The number of nitrogens with two attached hydrogens (primary N) is 1. The molecule has 2 aliphatic rings. The predicted molar refractivity (Wildman–Crippen MR) is 69.2 cm³/mol. The Kier molecular flexibility index (Phi) is 2.96. The van der Waals surface area contributed by atoms with Crippen molar-refractivity contribution in [3.63, 3.8) is 0 Å². The molecule has 3 rings (SSSR count). The van der Waals surface area contributed by atoms with Crippen LogP contribution >= 0.6 is 0 Å². The number of carbonyl (C=O) groups excluding carboxylic acids is 1. The van der Waals surface area contributed by atoms with Crippen LogP contribution in [0, 0.1) is 0 Å². The Hall–Kier alpha value is -1.55. The van der Waals surface area contributed by atoms with Crippen LogP contribution in [-0.4, -0.2) is 24.2 Å². The topological polar surface area (TPSA) is 64.4 Å². The molecule has 0 amide bonds. The average Bonchev–Trinajstić information content (AvgIpc) is 2.69. The zero-order chi connectivity index (χ0) is 12.5. The van der Waals surface area contributed by atoms with Gasteiger partial charge >= 0.3 is 5.97 Å². The Labute approximate surface area is 107 Å². The highest BCUT2D eigenvalue weighted by Gasteiger charge is 2.35. The van der Waals surface area contributed by atoms with E-state index in [4.69, 9.17) is 10.5 Å². The second-order valence-electron chi connectivity index (χ2n) is 5.26. The van der Waals surface area contributed by atoms with Gasteiger partial charge in [0.15, 0.2) is 0 Å². The Morgan fingerprint density at radius 2 is 2.00 bits per heavy atom. The molecule has 3 atom stereocenters. The van der Waals surface area contributed by atoms with E-state index in [0.717, 1.165) is 12.8 Å². The van der Waals surface area contributed by atoms with E-state index in [0.29, 0.717) is 23.3 Å². The third-order valence-corrected chi connectivity index (χ3v) is 3.83. The number of nitrogen functional groups attached to an aromatic ring is 1. The lowest BCUT2D eigenvalue weighted by Gasteiger charge is -2.28. The number of ether oxygens (including phenoxy) is 1. The van der Waals surface area contributed by atoms with Crippen molar-refractivity contribution in [2.45, 2.75) is 43.9 Å². The minimum atomic E-state index is -0.256. The fraction of sp³-hybridized carbons (Fsp3) is 0.500. The molecular formula is C14H18N2O2. The number of fused-ring (bicyclic) bond motifs is 2. The average molecular weight is 246 g/mol. The number of esters is 1. The van der Waals surface area contributed by atoms with Crippen LogP contribution in [0.15, 0.2) is 24.3 Å². The van der Waals surface area contributed by atoms with E-state index in [-0.39, 0.29) is 12.1 Å². The molecule has 2 aliphatic heterocycles. The van der Waals surface area contributed by atoms with Gasteiger partial charge in [0.05, 0.1) is 5.56 Å². The minimum Gasteiger partial charge on any atom is -0.459 e. The zero-order valence-electron chi connectivity index (χ0n) is 10.3. The second kappa shape index (κ2) is 4.61. The van der Waals surface area contributed by atoms with Crippen LogP contribution < -0.4 is 11.1 Å². The fourth-order valence-corrected chi connectivity index (χ4v) is 2.99. The summed E-state index contributed by atoms with van der Waals surface area (Å²) >= 11 is 0. The van der Waals surface area contributed by atoms with Crippen LogP contribution in [-0.2, 0) is 4.74 Å². The standard InChI is InChI=1S/C14H18N2O2/c15-10-3-1-2-9(6-10)14(17)18-13-7-11-4-5-12(8-13)16-11/h1-3,6,11-13,16H,4-5,7-8,15H2/t11-,12+,13?. The molecule has 18 heavy (non-hydrogen) atoms. The molecule has 4 heteroatoms. The molecule has 4 nitrogen and oxygen atoms in total. The monoisotopic (exact) mass is 246 g/mol. The van der Waals surface area contributed by atoms with Crippen molar-refractivity contribution >= 4 is 11.7 Å². The molecule has 2 heterocycles. The molecule has 3 N–H and O–H groups in total. The summed E-state index contributed by atoms with van der Waals surface area (Å²) in [4.78, 5) is 12.0. The number of hydrogen-bond acceptors (Lipinski definition) is 4. The van der Waals surface area contributed by atoms with Crippen LogP contribution in [0.1, 0.15) is 36.0 Å². The summed E-state index contributed by atoms with van der Waals surface area (Å²) in [7, 11) is 0. The highest BCUT2D eigenvalue weighted by molar-refractivity contribution is 5.90. The lowest BCUT2D eigenvalue weighted by atomic mass is 10.0. The molecule has 0 radical (unpaired) electrons. The summed E-state index contributed by atoms with van der Waals surface area (Å²) < 4.78 is 5.58. The van der Waals surface area contributed by atoms with E-state index >= 15 is 0 Å². The van der Waals surface area contributed by atoms with Crippen LogP contribution in [0.2, 0.25) is 0 Å². The first-order chi connectivity index (χ1) is 8.70. The van der Waals surface area contributed by atoms with Crippen molar-refractivity contribution in [1.29, 1.82) is 0 Å². The number of benzene rings is 1. The summed E-state index contributed by atoms with van der Waals surface area (Å²) in [5, 5.41) is 3.53. The molecule has 0 aliphatic carbocycles. The maximum atomic E-state index is 12.0. The maximum Gasteiger partial charge on any atom is 0.338 e. The zero-order valence-corrected chi connectivity index (χ0v) is 10.3. The first-order valence-electron chi connectivity index (χ1n) is 6.53. The van der Waals surface area contributed by atoms with E-state index in [1.165, 1.54) is 12.8 Å². The van der Waals surface area contributed by atoms with Gasteiger partial charge in [-0.15, -0.1) is 0 Å². The largest absolute Gasteiger partial charge is 0.459 e. The summed E-state index contributed by atoms with van der Waals surface area (Å²) in [6.45, 7) is 0. The van der Waals surface area contributed by atoms with Crippen molar-refractivity contribution < 1.29 is 9.53 Å². The van der Waals surface area contributed by atoms with Gasteiger partial charge in [0.25, 0.3) is 0 Å². The Morgan fingerprint density at radius 3 is 2.67 bits per heavy atom.